The van der Waals surface area contributed by atoms with E-state index in [1.54, 1.807) is 6.20 Å². The van der Waals surface area contributed by atoms with Crippen molar-refractivity contribution < 1.29 is 9.53 Å². The number of ether oxygens (including phenoxy) is 1. The van der Waals surface area contributed by atoms with Crippen LogP contribution in [0.5, 0.6) is 0 Å². The lowest BCUT2D eigenvalue weighted by Crippen LogP contribution is -2.41. The number of hydrogen-bond acceptors (Lipinski definition) is 5. The Hall–Kier alpha value is -1.53. The van der Waals surface area contributed by atoms with Crippen LogP contribution in [0.4, 0.5) is 0 Å². The Kier molecular flexibility index (Phi) is 6.58. The van der Waals surface area contributed by atoms with E-state index in [2.05, 4.69) is 9.88 Å². The summed E-state index contributed by atoms with van der Waals surface area (Å²) in [6.45, 7) is 8.05. The summed E-state index contributed by atoms with van der Waals surface area (Å²) in [5.41, 5.74) is 1.45. The summed E-state index contributed by atoms with van der Waals surface area (Å²) in [6, 6.07) is 0. The van der Waals surface area contributed by atoms with E-state index in [9.17, 15) is 4.79 Å². The standard InChI is InChI=1S/C22H34N4O2/c1-17-20(22(27)26-11-13-28-14-12-26)15-23-21(24-17)19-7-9-25(10-8-19)16-18-5-3-2-4-6-18/h15,18-19H,2-14,16H2,1H3. The Labute approximate surface area is 168 Å². The molecular weight excluding hydrogens is 352 g/mol. The van der Waals surface area contributed by atoms with Crippen molar-refractivity contribution in [3.63, 3.8) is 0 Å². The fourth-order valence-corrected chi connectivity index (χ4v) is 4.94. The van der Waals surface area contributed by atoms with E-state index in [0.717, 1.165) is 43.4 Å². The number of aryl methyl sites for hydroxylation is 1. The van der Waals surface area contributed by atoms with Crippen molar-refractivity contribution in [3.8, 4) is 0 Å². The third-order valence-corrected chi connectivity index (χ3v) is 6.72. The van der Waals surface area contributed by atoms with Gasteiger partial charge in [-0.1, -0.05) is 19.3 Å². The largest absolute Gasteiger partial charge is 0.378 e. The molecule has 1 aliphatic carbocycles. The molecule has 2 saturated heterocycles. The van der Waals surface area contributed by atoms with Gasteiger partial charge in [0.25, 0.3) is 5.91 Å². The molecule has 0 radical (unpaired) electrons. The maximum Gasteiger partial charge on any atom is 0.257 e. The van der Waals surface area contributed by atoms with Gasteiger partial charge in [0.2, 0.25) is 0 Å². The van der Waals surface area contributed by atoms with Crippen molar-refractivity contribution >= 4 is 5.91 Å². The summed E-state index contributed by atoms with van der Waals surface area (Å²) in [5, 5.41) is 0. The lowest BCUT2D eigenvalue weighted by Gasteiger charge is -2.35. The minimum Gasteiger partial charge on any atom is -0.378 e. The number of aromatic nitrogens is 2. The van der Waals surface area contributed by atoms with Gasteiger partial charge >= 0.3 is 0 Å². The number of amides is 1. The molecule has 0 N–H and O–H groups in total. The molecule has 0 atom stereocenters. The van der Waals surface area contributed by atoms with Crippen molar-refractivity contribution in [2.75, 3.05) is 45.9 Å². The molecule has 1 amide bonds. The summed E-state index contributed by atoms with van der Waals surface area (Å²) in [6.07, 6.45) is 11.1. The van der Waals surface area contributed by atoms with Crippen LogP contribution >= 0.6 is 0 Å². The molecule has 0 spiro atoms. The number of piperidine rings is 1. The van der Waals surface area contributed by atoms with Gasteiger partial charge in [0, 0.05) is 31.7 Å². The molecule has 28 heavy (non-hydrogen) atoms. The number of rotatable bonds is 4. The van der Waals surface area contributed by atoms with Crippen molar-refractivity contribution in [2.45, 2.75) is 57.8 Å². The zero-order chi connectivity index (χ0) is 19.3. The second kappa shape index (κ2) is 9.31. The maximum atomic E-state index is 12.7. The molecule has 3 fully saturated rings. The minimum atomic E-state index is 0.0367. The first-order chi connectivity index (χ1) is 13.7. The monoisotopic (exact) mass is 386 g/mol. The minimum absolute atomic E-state index is 0.0367. The van der Waals surface area contributed by atoms with Gasteiger partial charge in [0.05, 0.1) is 24.5 Å². The zero-order valence-corrected chi connectivity index (χ0v) is 17.2. The third kappa shape index (κ3) is 4.71. The smallest absolute Gasteiger partial charge is 0.257 e. The molecule has 3 heterocycles. The van der Waals surface area contributed by atoms with E-state index in [1.807, 2.05) is 11.8 Å². The van der Waals surface area contributed by atoms with Crippen molar-refractivity contribution in [2.24, 2.45) is 5.92 Å². The lowest BCUT2D eigenvalue weighted by atomic mass is 9.88. The Morgan fingerprint density at radius 3 is 2.46 bits per heavy atom. The summed E-state index contributed by atoms with van der Waals surface area (Å²) in [4.78, 5) is 26.6. The van der Waals surface area contributed by atoms with E-state index in [0.29, 0.717) is 37.8 Å². The highest BCUT2D eigenvalue weighted by Crippen LogP contribution is 2.29. The predicted molar refractivity (Wildman–Crippen MR) is 108 cm³/mol. The van der Waals surface area contributed by atoms with Crippen LogP contribution in [0.25, 0.3) is 0 Å². The molecule has 0 aromatic carbocycles. The normalized spacial score (nSPS) is 23.1. The molecule has 1 aromatic rings. The van der Waals surface area contributed by atoms with Crippen LogP contribution in [0.15, 0.2) is 6.20 Å². The summed E-state index contributed by atoms with van der Waals surface area (Å²) >= 11 is 0. The van der Waals surface area contributed by atoms with E-state index in [-0.39, 0.29) is 5.91 Å². The highest BCUT2D eigenvalue weighted by molar-refractivity contribution is 5.95. The number of morpholine rings is 1. The first-order valence-corrected chi connectivity index (χ1v) is 11.1. The molecule has 6 nitrogen and oxygen atoms in total. The highest BCUT2D eigenvalue weighted by Gasteiger charge is 2.27. The predicted octanol–water partition coefficient (Wildman–Crippen LogP) is 3.02. The Morgan fingerprint density at radius 1 is 1.07 bits per heavy atom. The Bertz CT molecular complexity index is 661. The Morgan fingerprint density at radius 2 is 1.79 bits per heavy atom. The first-order valence-electron chi connectivity index (χ1n) is 11.1. The van der Waals surface area contributed by atoms with Gasteiger partial charge in [-0.15, -0.1) is 0 Å². The zero-order valence-electron chi connectivity index (χ0n) is 17.2. The number of carbonyl (C=O) groups excluding carboxylic acids is 1. The molecule has 1 aromatic heterocycles. The molecule has 154 valence electrons. The summed E-state index contributed by atoms with van der Waals surface area (Å²) in [7, 11) is 0. The van der Waals surface area contributed by atoms with Gasteiger partial charge in [0.1, 0.15) is 5.82 Å². The van der Waals surface area contributed by atoms with Crippen LogP contribution in [0.1, 0.15) is 72.7 Å². The summed E-state index contributed by atoms with van der Waals surface area (Å²) in [5.74, 6) is 2.30. The van der Waals surface area contributed by atoms with Gasteiger partial charge in [-0.2, -0.15) is 0 Å². The first kappa shape index (κ1) is 19.8. The van der Waals surface area contributed by atoms with Crippen LogP contribution in [0, 0.1) is 12.8 Å². The SMILES string of the molecule is Cc1nc(C2CCN(CC3CCCCC3)CC2)ncc1C(=O)N1CCOCC1. The topological polar surface area (TPSA) is 58.6 Å². The van der Waals surface area contributed by atoms with Crippen molar-refractivity contribution in [1.82, 2.24) is 19.8 Å². The fourth-order valence-electron chi connectivity index (χ4n) is 4.94. The molecule has 4 rings (SSSR count). The van der Waals surface area contributed by atoms with E-state index < -0.39 is 0 Å². The van der Waals surface area contributed by atoms with Gasteiger partial charge in [-0.05, 0) is 51.6 Å². The quantitative estimate of drug-likeness (QED) is 0.796. The van der Waals surface area contributed by atoms with Crippen LogP contribution in [-0.2, 0) is 4.74 Å². The number of likely N-dealkylation sites (tertiary alicyclic amines) is 1. The third-order valence-electron chi connectivity index (χ3n) is 6.72. The maximum absolute atomic E-state index is 12.7. The van der Waals surface area contributed by atoms with E-state index >= 15 is 0 Å². The van der Waals surface area contributed by atoms with Gasteiger partial charge in [0.15, 0.2) is 0 Å². The second-order valence-electron chi connectivity index (χ2n) is 8.71. The van der Waals surface area contributed by atoms with Gasteiger partial charge in [-0.25, -0.2) is 9.97 Å². The van der Waals surface area contributed by atoms with E-state index in [1.165, 1.54) is 38.6 Å². The molecule has 2 aliphatic heterocycles. The molecule has 1 saturated carbocycles. The molecular formula is C22H34N4O2. The lowest BCUT2D eigenvalue weighted by molar-refractivity contribution is 0.0301. The van der Waals surface area contributed by atoms with Gasteiger partial charge < -0.3 is 14.5 Å². The number of nitrogens with zero attached hydrogens (tertiary/aromatic N) is 4. The summed E-state index contributed by atoms with van der Waals surface area (Å²) < 4.78 is 5.34. The molecule has 3 aliphatic rings. The highest BCUT2D eigenvalue weighted by atomic mass is 16.5. The number of carbonyl (C=O) groups is 1. The van der Waals surface area contributed by atoms with Crippen molar-refractivity contribution in [3.05, 3.63) is 23.3 Å². The fraction of sp³-hybridized carbons (Fsp3) is 0.773. The van der Waals surface area contributed by atoms with Crippen LogP contribution in [0.2, 0.25) is 0 Å². The molecule has 0 unspecified atom stereocenters. The molecule has 6 heteroatoms. The number of hydrogen-bond donors (Lipinski definition) is 0. The van der Waals surface area contributed by atoms with Crippen LogP contribution in [-0.4, -0.2) is 71.6 Å². The van der Waals surface area contributed by atoms with Crippen molar-refractivity contribution in [1.29, 1.82) is 0 Å². The molecule has 0 bridgehead atoms. The van der Waals surface area contributed by atoms with Gasteiger partial charge in [-0.3, -0.25) is 4.79 Å². The second-order valence-corrected chi connectivity index (χ2v) is 8.71. The van der Waals surface area contributed by atoms with Crippen LogP contribution in [0.3, 0.4) is 0 Å². The van der Waals surface area contributed by atoms with E-state index in [4.69, 9.17) is 9.72 Å². The van der Waals surface area contributed by atoms with Crippen LogP contribution < -0.4 is 0 Å². The average Bonchev–Trinajstić information content (AvgIpc) is 2.75. The Balaban J connectivity index is 1.32. The average molecular weight is 387 g/mol.